The number of nitrogens with zero attached hydrogens (tertiary/aromatic N) is 1. The molecule has 1 saturated heterocycles. The number of halogens is 1. The summed E-state index contributed by atoms with van der Waals surface area (Å²) in [6.45, 7) is 8.47. The van der Waals surface area contributed by atoms with Gasteiger partial charge in [0.1, 0.15) is 12.4 Å². The Balaban J connectivity index is 0.00000312. The first kappa shape index (κ1) is 22.0. The Kier molecular flexibility index (Phi) is 9.52. The number of guanidine groups is 1. The summed E-state index contributed by atoms with van der Waals surface area (Å²) >= 11 is 0. The minimum atomic E-state index is 0. The highest BCUT2D eigenvalue weighted by Crippen LogP contribution is 2.25. The van der Waals surface area contributed by atoms with E-state index in [1.165, 1.54) is 5.56 Å². The monoisotopic (exact) mass is 463 g/mol. The molecule has 0 aromatic heterocycles. The van der Waals surface area contributed by atoms with Crippen LogP contribution in [0.3, 0.4) is 0 Å². The summed E-state index contributed by atoms with van der Waals surface area (Å²) in [7, 11) is 3.45. The van der Waals surface area contributed by atoms with Crippen molar-refractivity contribution < 1.29 is 14.2 Å². The molecule has 0 aliphatic carbocycles. The number of methoxy groups -OCH3 is 1. The molecule has 2 N–H and O–H groups in total. The van der Waals surface area contributed by atoms with Crippen LogP contribution in [0.15, 0.2) is 23.2 Å². The van der Waals surface area contributed by atoms with E-state index in [1.54, 1.807) is 14.2 Å². The summed E-state index contributed by atoms with van der Waals surface area (Å²) in [4.78, 5) is 4.28. The first-order valence-corrected chi connectivity index (χ1v) is 8.30. The maximum atomic E-state index is 5.82. The van der Waals surface area contributed by atoms with Crippen LogP contribution < -0.4 is 15.4 Å². The second-order valence-corrected chi connectivity index (χ2v) is 6.54. The van der Waals surface area contributed by atoms with E-state index in [0.717, 1.165) is 37.0 Å². The number of rotatable bonds is 8. The first-order valence-electron chi connectivity index (χ1n) is 8.30. The average Bonchev–Trinajstić information content (AvgIpc) is 2.55. The zero-order valence-corrected chi connectivity index (χ0v) is 17.9. The van der Waals surface area contributed by atoms with Gasteiger partial charge >= 0.3 is 0 Å². The lowest BCUT2D eigenvalue weighted by molar-refractivity contribution is -0.0971. The van der Waals surface area contributed by atoms with Crippen LogP contribution in [0.2, 0.25) is 0 Å². The fourth-order valence-corrected chi connectivity index (χ4v) is 2.43. The lowest BCUT2D eigenvalue weighted by atomic mass is 9.89. The van der Waals surface area contributed by atoms with Crippen LogP contribution in [0, 0.1) is 12.3 Å². The van der Waals surface area contributed by atoms with E-state index in [0.29, 0.717) is 19.8 Å². The minimum absolute atomic E-state index is 0. The van der Waals surface area contributed by atoms with Crippen LogP contribution >= 0.6 is 24.0 Å². The summed E-state index contributed by atoms with van der Waals surface area (Å²) in [5.74, 6) is 1.67. The first-order chi connectivity index (χ1) is 11.6. The molecule has 0 unspecified atom stereocenters. The summed E-state index contributed by atoms with van der Waals surface area (Å²) in [6.07, 6.45) is 0. The number of ether oxygens (including phenoxy) is 3. The van der Waals surface area contributed by atoms with E-state index < -0.39 is 0 Å². The molecule has 1 fully saturated rings. The number of nitrogens with one attached hydrogen (secondary N) is 2. The van der Waals surface area contributed by atoms with Crippen LogP contribution in [-0.2, 0) is 16.0 Å². The van der Waals surface area contributed by atoms with Crippen LogP contribution in [0.4, 0.5) is 0 Å². The van der Waals surface area contributed by atoms with Crippen LogP contribution in [0.5, 0.6) is 5.75 Å². The molecule has 0 saturated carbocycles. The number of hydrogen-bond acceptors (Lipinski definition) is 4. The van der Waals surface area contributed by atoms with Gasteiger partial charge < -0.3 is 24.8 Å². The van der Waals surface area contributed by atoms with Gasteiger partial charge in [0.05, 0.1) is 19.8 Å². The summed E-state index contributed by atoms with van der Waals surface area (Å²) in [6, 6.07) is 6.22. The summed E-state index contributed by atoms with van der Waals surface area (Å²) < 4.78 is 16.2. The molecule has 0 atom stereocenters. The smallest absolute Gasteiger partial charge is 0.191 e. The Morgan fingerprint density at radius 2 is 2.04 bits per heavy atom. The Morgan fingerprint density at radius 3 is 2.64 bits per heavy atom. The Morgan fingerprint density at radius 1 is 1.28 bits per heavy atom. The highest BCUT2D eigenvalue weighted by Gasteiger charge is 2.33. The van der Waals surface area contributed by atoms with E-state index in [4.69, 9.17) is 14.2 Å². The van der Waals surface area contributed by atoms with Gasteiger partial charge in [-0.05, 0) is 18.6 Å². The van der Waals surface area contributed by atoms with E-state index >= 15 is 0 Å². The third kappa shape index (κ3) is 6.99. The molecule has 0 bridgehead atoms. The Bertz CT molecular complexity index is 562. The van der Waals surface area contributed by atoms with Crippen molar-refractivity contribution in [2.45, 2.75) is 20.4 Å². The SMILES string of the molecule is CN=C(NCc1ccc(C)cc1OCCOC)NCC1(C)COC1.I. The molecule has 0 spiro atoms. The van der Waals surface area contributed by atoms with Gasteiger partial charge in [-0.15, -0.1) is 24.0 Å². The molecule has 1 aromatic carbocycles. The Labute approximate surface area is 167 Å². The number of aryl methyl sites for hydroxylation is 1. The van der Waals surface area contributed by atoms with Crippen molar-refractivity contribution in [1.82, 2.24) is 10.6 Å². The quantitative estimate of drug-likeness (QED) is 0.268. The minimum Gasteiger partial charge on any atom is -0.491 e. The van der Waals surface area contributed by atoms with Gasteiger partial charge in [-0.2, -0.15) is 0 Å². The molecule has 0 radical (unpaired) electrons. The van der Waals surface area contributed by atoms with Crippen molar-refractivity contribution in [1.29, 1.82) is 0 Å². The molecule has 1 aliphatic rings. The highest BCUT2D eigenvalue weighted by molar-refractivity contribution is 14.0. The highest BCUT2D eigenvalue weighted by atomic mass is 127. The van der Waals surface area contributed by atoms with E-state index in [2.05, 4.69) is 47.7 Å². The van der Waals surface area contributed by atoms with Crippen molar-refractivity contribution in [2.75, 3.05) is 47.1 Å². The normalized spacial score (nSPS) is 15.8. The maximum absolute atomic E-state index is 5.82. The molecule has 25 heavy (non-hydrogen) atoms. The molecule has 0 amide bonds. The van der Waals surface area contributed by atoms with Crippen molar-refractivity contribution in [2.24, 2.45) is 10.4 Å². The standard InChI is InChI=1S/C18H29N3O3.HI/c1-14-5-6-15(16(9-14)24-8-7-22-4)10-20-17(19-3)21-11-18(2)12-23-13-18;/h5-6,9H,7-8,10-13H2,1-4H3,(H2,19,20,21);1H. The second kappa shape index (κ2) is 10.8. The number of aliphatic imine (C=N–C) groups is 1. The van der Waals surface area contributed by atoms with E-state index in [9.17, 15) is 0 Å². The second-order valence-electron chi connectivity index (χ2n) is 6.54. The third-order valence-corrected chi connectivity index (χ3v) is 4.02. The van der Waals surface area contributed by atoms with Crippen LogP contribution in [0.25, 0.3) is 0 Å². The third-order valence-electron chi connectivity index (χ3n) is 4.02. The number of benzene rings is 1. The topological polar surface area (TPSA) is 64.1 Å². The van der Waals surface area contributed by atoms with Gasteiger partial charge in [0, 0.05) is 38.2 Å². The zero-order chi connectivity index (χ0) is 17.4. The fraction of sp³-hybridized carbons (Fsp3) is 0.611. The molecular formula is C18H30IN3O3. The molecule has 1 aromatic rings. The molecular weight excluding hydrogens is 433 g/mol. The molecule has 1 aliphatic heterocycles. The summed E-state index contributed by atoms with van der Waals surface area (Å²) in [5.41, 5.74) is 2.47. The van der Waals surface area contributed by atoms with Crippen molar-refractivity contribution in [3.63, 3.8) is 0 Å². The lowest BCUT2D eigenvalue weighted by Crippen LogP contribution is -2.50. The lowest BCUT2D eigenvalue weighted by Gasteiger charge is -2.38. The molecule has 6 nitrogen and oxygen atoms in total. The molecule has 2 rings (SSSR count). The van der Waals surface area contributed by atoms with Crippen LogP contribution in [-0.4, -0.2) is 53.1 Å². The predicted octanol–water partition coefficient (Wildman–Crippen LogP) is 2.34. The van der Waals surface area contributed by atoms with Crippen molar-refractivity contribution in [3.8, 4) is 5.75 Å². The molecule has 1 heterocycles. The predicted molar refractivity (Wildman–Crippen MR) is 111 cm³/mol. The van der Waals surface area contributed by atoms with Gasteiger partial charge in [0.15, 0.2) is 5.96 Å². The number of hydrogen-bond donors (Lipinski definition) is 2. The average molecular weight is 463 g/mol. The van der Waals surface area contributed by atoms with Gasteiger partial charge in [0.25, 0.3) is 0 Å². The zero-order valence-electron chi connectivity index (χ0n) is 15.6. The Hall–Kier alpha value is -1.06. The van der Waals surface area contributed by atoms with E-state index in [1.807, 2.05) is 0 Å². The van der Waals surface area contributed by atoms with Gasteiger partial charge in [-0.25, -0.2) is 0 Å². The van der Waals surface area contributed by atoms with Crippen molar-refractivity contribution >= 4 is 29.9 Å². The van der Waals surface area contributed by atoms with E-state index in [-0.39, 0.29) is 29.4 Å². The van der Waals surface area contributed by atoms with Gasteiger partial charge in [0.2, 0.25) is 0 Å². The summed E-state index contributed by atoms with van der Waals surface area (Å²) in [5, 5.41) is 6.71. The molecule has 142 valence electrons. The van der Waals surface area contributed by atoms with Gasteiger partial charge in [-0.1, -0.05) is 19.1 Å². The molecule has 7 heteroatoms. The van der Waals surface area contributed by atoms with Gasteiger partial charge in [-0.3, -0.25) is 4.99 Å². The maximum Gasteiger partial charge on any atom is 0.191 e. The van der Waals surface area contributed by atoms with Crippen molar-refractivity contribution in [3.05, 3.63) is 29.3 Å². The fourth-order valence-electron chi connectivity index (χ4n) is 2.43. The largest absolute Gasteiger partial charge is 0.491 e. The van der Waals surface area contributed by atoms with Crippen LogP contribution in [0.1, 0.15) is 18.1 Å².